The molecule has 5 N–H and O–H groups in total. The van der Waals surface area contributed by atoms with Gasteiger partial charge in [0.05, 0.1) is 77.1 Å². The minimum Gasteiger partial charge on any atom is -0.790 e. The second-order valence-electron chi connectivity index (χ2n) is 10.4. The molecule has 4 atom stereocenters. The Labute approximate surface area is 197 Å². The predicted octanol–water partition coefficient (Wildman–Crippen LogP) is -3.19. The van der Waals surface area contributed by atoms with Crippen molar-refractivity contribution in [3.63, 3.8) is 0 Å². The standard InChI is InChI=1S/C10H14N5O8P.2C4H12N/c11-10-13-7-4(8(18)14-10)12-2-15(7)9-6(17)5(16)3(23-9)1-22-24(19,20)21;2*1-5(2,3)4/h2-3,5-6,9,16-17H,1H2,(H2,19,20,21)(H3,11,13,14,18);2*1-4H3/q;2*+1/p-2/t3-,5-,6-,9-;;/m1../s1. The van der Waals surface area contributed by atoms with Gasteiger partial charge in [-0.2, -0.15) is 4.98 Å². The van der Waals surface area contributed by atoms with E-state index < -0.39 is 44.5 Å². The lowest BCUT2D eigenvalue weighted by atomic mass is 10.1. The summed E-state index contributed by atoms with van der Waals surface area (Å²) < 4.78 is 23.0. The highest BCUT2D eigenvalue weighted by molar-refractivity contribution is 7.43. The van der Waals surface area contributed by atoms with Crippen LogP contribution in [0.3, 0.4) is 0 Å². The van der Waals surface area contributed by atoms with E-state index in [0.717, 1.165) is 19.9 Å². The van der Waals surface area contributed by atoms with E-state index in [-0.39, 0.29) is 17.1 Å². The number of nitrogens with one attached hydrogen (secondary N) is 1. The largest absolute Gasteiger partial charge is 0.790 e. The van der Waals surface area contributed by atoms with Gasteiger partial charge in [0.1, 0.15) is 18.3 Å². The van der Waals surface area contributed by atoms with Crippen molar-refractivity contribution in [2.75, 3.05) is 68.7 Å². The Kier molecular flexibility index (Phi) is 9.91. The Balaban J connectivity index is 0.000000489. The molecule has 0 radical (unpaired) electrons. The third-order valence-electron chi connectivity index (χ3n) is 3.46. The van der Waals surface area contributed by atoms with Crippen LogP contribution in [0.2, 0.25) is 0 Å². The number of aliphatic hydroxyl groups is 2. The quantitative estimate of drug-likeness (QED) is 0.238. The summed E-state index contributed by atoms with van der Waals surface area (Å²) in [5, 5.41) is 20.0. The molecule has 0 amide bonds. The molecular formula is C18H36N7O8P. The van der Waals surface area contributed by atoms with Crippen molar-refractivity contribution in [1.29, 1.82) is 0 Å². The number of rotatable bonds is 4. The number of H-pyrrole nitrogens is 1. The molecule has 1 fully saturated rings. The molecule has 0 saturated carbocycles. The topological polar surface area (TPSA) is 212 Å². The van der Waals surface area contributed by atoms with Crippen molar-refractivity contribution in [2.24, 2.45) is 0 Å². The van der Waals surface area contributed by atoms with Crippen LogP contribution in [0.1, 0.15) is 6.23 Å². The number of hydrogen-bond acceptors (Lipinski definition) is 11. The summed E-state index contributed by atoms with van der Waals surface area (Å²) in [6.45, 7) is -0.776. The number of aromatic nitrogens is 4. The first-order valence-corrected chi connectivity index (χ1v) is 11.6. The van der Waals surface area contributed by atoms with Gasteiger partial charge < -0.3 is 48.5 Å². The second-order valence-corrected chi connectivity index (χ2v) is 11.6. The number of phosphoric acid groups is 1. The average molecular weight is 510 g/mol. The zero-order chi connectivity index (χ0) is 26.6. The number of nitrogens with zero attached hydrogens (tertiary/aromatic N) is 5. The summed E-state index contributed by atoms with van der Waals surface area (Å²) in [6, 6.07) is 0. The van der Waals surface area contributed by atoms with Crippen molar-refractivity contribution in [2.45, 2.75) is 24.5 Å². The fourth-order valence-corrected chi connectivity index (χ4v) is 2.72. The molecule has 16 heteroatoms. The number of aromatic amines is 1. The second kappa shape index (κ2) is 11.2. The minimum atomic E-state index is -5.26. The Morgan fingerprint density at radius 2 is 1.65 bits per heavy atom. The summed E-state index contributed by atoms with van der Waals surface area (Å²) in [7, 11) is 11.7. The van der Waals surface area contributed by atoms with Crippen molar-refractivity contribution in [3.8, 4) is 0 Å². The lowest BCUT2D eigenvalue weighted by Gasteiger charge is -2.30. The molecular weight excluding hydrogens is 473 g/mol. The van der Waals surface area contributed by atoms with Crippen LogP contribution in [0, 0.1) is 0 Å². The van der Waals surface area contributed by atoms with Gasteiger partial charge in [-0.3, -0.25) is 14.3 Å². The monoisotopic (exact) mass is 509 g/mol. The lowest BCUT2D eigenvalue weighted by Crippen LogP contribution is -2.34. The molecule has 0 unspecified atom stereocenters. The maximum absolute atomic E-state index is 11.7. The van der Waals surface area contributed by atoms with E-state index in [9.17, 15) is 29.4 Å². The summed E-state index contributed by atoms with van der Waals surface area (Å²) >= 11 is 0. The van der Waals surface area contributed by atoms with Crippen LogP contribution in [0.5, 0.6) is 0 Å². The van der Waals surface area contributed by atoms with Crippen LogP contribution >= 0.6 is 7.82 Å². The molecule has 0 aromatic carbocycles. The van der Waals surface area contributed by atoms with Crippen molar-refractivity contribution in [1.82, 2.24) is 19.5 Å². The molecule has 1 saturated heterocycles. The molecule has 196 valence electrons. The van der Waals surface area contributed by atoms with Gasteiger partial charge in [-0.05, 0) is 0 Å². The molecule has 34 heavy (non-hydrogen) atoms. The zero-order valence-corrected chi connectivity index (χ0v) is 21.6. The molecule has 1 aliphatic rings. The summed E-state index contributed by atoms with van der Waals surface area (Å²) in [5.41, 5.74) is 4.77. The van der Waals surface area contributed by atoms with Crippen molar-refractivity contribution in [3.05, 3.63) is 16.7 Å². The molecule has 3 rings (SSSR count). The van der Waals surface area contributed by atoms with Gasteiger partial charge in [0.2, 0.25) is 5.95 Å². The Morgan fingerprint density at radius 1 is 1.15 bits per heavy atom. The number of hydrogen-bond donors (Lipinski definition) is 4. The SMILES string of the molecule is C[N+](C)(C)C.C[N+](C)(C)C.Nc1nc2c(ncn2[C@@H]2O[C@H](COP(=O)([O-])[O-])[C@@H](O)[C@H]2O)c(=O)[nH]1. The van der Waals surface area contributed by atoms with Crippen LogP contribution in [-0.2, 0) is 13.8 Å². The van der Waals surface area contributed by atoms with Gasteiger partial charge in [0.15, 0.2) is 17.4 Å². The van der Waals surface area contributed by atoms with Crippen LogP contribution in [-0.4, -0.2) is 120 Å². The number of fused-ring (bicyclic) bond motifs is 1. The van der Waals surface area contributed by atoms with E-state index in [0.29, 0.717) is 0 Å². The molecule has 0 aliphatic carbocycles. The number of nitrogen functional groups attached to an aromatic ring is 1. The Bertz CT molecular complexity index is 1020. The number of nitrogens with two attached hydrogens (primary N) is 1. The van der Waals surface area contributed by atoms with Crippen LogP contribution in [0.4, 0.5) is 5.95 Å². The number of ether oxygens (including phenoxy) is 1. The Morgan fingerprint density at radius 3 is 2.12 bits per heavy atom. The van der Waals surface area contributed by atoms with Crippen LogP contribution < -0.4 is 21.1 Å². The van der Waals surface area contributed by atoms with E-state index in [1.54, 1.807) is 0 Å². The number of quaternary nitrogens is 2. The third-order valence-corrected chi connectivity index (χ3v) is 3.92. The summed E-state index contributed by atoms with van der Waals surface area (Å²) in [4.78, 5) is 42.7. The Hall–Kier alpha value is -1.94. The first-order valence-electron chi connectivity index (χ1n) is 10.2. The highest BCUT2D eigenvalue weighted by Gasteiger charge is 2.44. The molecule has 15 nitrogen and oxygen atoms in total. The smallest absolute Gasteiger partial charge is 0.280 e. The van der Waals surface area contributed by atoms with Crippen molar-refractivity contribution >= 4 is 24.9 Å². The van der Waals surface area contributed by atoms with Gasteiger partial charge in [0, 0.05) is 0 Å². The normalized spacial score (nSPS) is 23.2. The maximum atomic E-state index is 11.7. The number of anilines is 1. The number of phosphoric ester groups is 1. The molecule has 3 heterocycles. The van der Waals surface area contributed by atoms with Gasteiger partial charge in [-0.15, -0.1) is 0 Å². The van der Waals surface area contributed by atoms with E-state index in [2.05, 4.69) is 75.9 Å². The van der Waals surface area contributed by atoms with E-state index in [1.807, 2.05) is 0 Å². The molecule has 0 spiro atoms. The molecule has 2 aromatic rings. The maximum Gasteiger partial charge on any atom is 0.280 e. The van der Waals surface area contributed by atoms with E-state index in [4.69, 9.17) is 10.5 Å². The van der Waals surface area contributed by atoms with Gasteiger partial charge >= 0.3 is 0 Å². The number of aliphatic hydroxyl groups excluding tert-OH is 2. The summed E-state index contributed by atoms with van der Waals surface area (Å²) in [5.74, 6) is -0.194. The fraction of sp³-hybridized carbons (Fsp3) is 0.722. The lowest BCUT2D eigenvalue weighted by molar-refractivity contribution is -0.849. The minimum absolute atomic E-state index is 0.00705. The van der Waals surface area contributed by atoms with Gasteiger partial charge in [-0.25, -0.2) is 4.98 Å². The van der Waals surface area contributed by atoms with E-state index in [1.165, 1.54) is 0 Å². The first kappa shape index (κ1) is 30.1. The predicted molar refractivity (Wildman–Crippen MR) is 120 cm³/mol. The van der Waals surface area contributed by atoms with Gasteiger partial charge in [-0.1, -0.05) is 0 Å². The van der Waals surface area contributed by atoms with E-state index >= 15 is 0 Å². The third kappa shape index (κ3) is 10.5. The molecule has 1 aliphatic heterocycles. The molecule has 2 aromatic heterocycles. The fourth-order valence-electron chi connectivity index (χ4n) is 2.39. The first-order chi connectivity index (χ1) is 15.2. The van der Waals surface area contributed by atoms with Gasteiger partial charge in [0.25, 0.3) is 5.56 Å². The molecule has 0 bridgehead atoms. The van der Waals surface area contributed by atoms with Crippen LogP contribution in [0.25, 0.3) is 11.2 Å². The highest BCUT2D eigenvalue weighted by Crippen LogP contribution is 2.33. The number of imidazole rings is 1. The van der Waals surface area contributed by atoms with Crippen LogP contribution in [0.15, 0.2) is 11.1 Å². The zero-order valence-electron chi connectivity index (χ0n) is 20.7. The summed E-state index contributed by atoms with van der Waals surface area (Å²) in [6.07, 6.45) is -4.46. The highest BCUT2D eigenvalue weighted by atomic mass is 31.2. The average Bonchev–Trinajstić information content (AvgIpc) is 3.12. The van der Waals surface area contributed by atoms with Crippen molar-refractivity contribution < 1.29 is 42.8 Å².